The summed E-state index contributed by atoms with van der Waals surface area (Å²) in [5.74, 6) is 3.67. The van der Waals surface area contributed by atoms with E-state index in [9.17, 15) is 0 Å². The molecule has 0 saturated heterocycles. The second-order valence-corrected chi connectivity index (χ2v) is 17.7. The van der Waals surface area contributed by atoms with Crippen LogP contribution in [0.1, 0.15) is 0 Å². The third kappa shape index (κ3) is 4.54. The SMILES string of the molecule is c1ccc(N(c2ccc(-c3ccc4c(c3)Oc3ccccc3[Si]43c4ccccc4Oc4ccccc43)cc2)c2cc3ccccc3c3ccccc23)cc1. The summed E-state index contributed by atoms with van der Waals surface area (Å²) in [6, 6.07) is 71.9. The van der Waals surface area contributed by atoms with Gasteiger partial charge in [0, 0.05) is 16.8 Å². The summed E-state index contributed by atoms with van der Waals surface area (Å²) in [7, 11) is -2.77. The quantitative estimate of drug-likeness (QED) is 0.134. The lowest BCUT2D eigenvalue weighted by atomic mass is 9.98. The van der Waals surface area contributed by atoms with E-state index in [1.165, 1.54) is 42.3 Å². The maximum Gasteiger partial charge on any atom is 0.196 e. The zero-order valence-electron chi connectivity index (χ0n) is 29.3. The van der Waals surface area contributed by atoms with Crippen molar-refractivity contribution in [2.45, 2.75) is 0 Å². The average Bonchev–Trinajstić information content (AvgIpc) is 3.24. The largest absolute Gasteiger partial charge is 0.458 e. The van der Waals surface area contributed by atoms with E-state index in [0.717, 1.165) is 51.2 Å². The first-order chi connectivity index (χ1) is 26.8. The minimum Gasteiger partial charge on any atom is -0.458 e. The van der Waals surface area contributed by atoms with E-state index in [1.807, 2.05) is 0 Å². The fourth-order valence-electron chi connectivity index (χ4n) is 8.83. The smallest absolute Gasteiger partial charge is 0.196 e. The molecule has 0 atom stereocenters. The maximum absolute atomic E-state index is 6.84. The Morgan fingerprint density at radius 2 is 0.815 bits per heavy atom. The highest BCUT2D eigenvalue weighted by Gasteiger charge is 2.52. The van der Waals surface area contributed by atoms with Crippen molar-refractivity contribution in [2.75, 3.05) is 4.90 Å². The normalized spacial score (nSPS) is 13.3. The van der Waals surface area contributed by atoms with Crippen LogP contribution in [0.4, 0.5) is 17.1 Å². The van der Waals surface area contributed by atoms with Gasteiger partial charge in [-0.15, -0.1) is 0 Å². The van der Waals surface area contributed by atoms with Gasteiger partial charge >= 0.3 is 0 Å². The zero-order valence-corrected chi connectivity index (χ0v) is 30.3. The van der Waals surface area contributed by atoms with Gasteiger partial charge in [0.15, 0.2) is 8.07 Å². The third-order valence-electron chi connectivity index (χ3n) is 11.2. The standard InChI is InChI=1S/C50H33NO2Si/c1-2-15-37(16-3-1)51(42-32-36-14-4-5-17-39(36)40-18-6-7-19-41(40)42)38-29-26-34(27-30-38)35-28-31-50-46(33-35)53-45-22-10-13-25-49(45)54(50)47-23-11-8-20-43(47)52-44-21-9-12-24-48(44)54/h1-33H. The summed E-state index contributed by atoms with van der Waals surface area (Å²) >= 11 is 0. The van der Waals surface area contributed by atoms with Crippen LogP contribution in [0.25, 0.3) is 32.7 Å². The number of fused-ring (bicyclic) bond motifs is 11. The number of para-hydroxylation sites is 4. The van der Waals surface area contributed by atoms with E-state index in [1.54, 1.807) is 0 Å². The molecule has 0 N–H and O–H groups in total. The van der Waals surface area contributed by atoms with Crippen molar-refractivity contribution in [3.63, 3.8) is 0 Å². The van der Waals surface area contributed by atoms with Crippen molar-refractivity contribution in [1.82, 2.24) is 0 Å². The first-order valence-corrected chi connectivity index (χ1v) is 20.4. The topological polar surface area (TPSA) is 21.7 Å². The van der Waals surface area contributed by atoms with Crippen LogP contribution in [0.3, 0.4) is 0 Å². The Morgan fingerprint density at radius 1 is 0.333 bits per heavy atom. The summed E-state index contributed by atoms with van der Waals surface area (Å²) in [5.41, 5.74) is 5.59. The summed E-state index contributed by atoms with van der Waals surface area (Å²) in [6.45, 7) is 0. The molecule has 0 fully saturated rings. The monoisotopic (exact) mass is 707 g/mol. The average molecular weight is 708 g/mol. The van der Waals surface area contributed by atoms with Gasteiger partial charge in [-0.1, -0.05) is 146 Å². The summed E-state index contributed by atoms with van der Waals surface area (Å²) < 4.78 is 13.4. The lowest BCUT2D eigenvalue weighted by Gasteiger charge is -2.43. The molecule has 0 radical (unpaired) electrons. The number of rotatable bonds is 4. The Balaban J connectivity index is 1.06. The highest BCUT2D eigenvalue weighted by molar-refractivity contribution is 7.21. The van der Waals surface area contributed by atoms with E-state index >= 15 is 0 Å². The predicted octanol–water partition coefficient (Wildman–Crippen LogP) is 10.7. The molecule has 11 rings (SSSR count). The molecule has 0 bridgehead atoms. The van der Waals surface area contributed by atoms with Crippen LogP contribution in [-0.2, 0) is 0 Å². The Kier molecular flexibility index (Phi) is 6.88. The highest BCUT2D eigenvalue weighted by Crippen LogP contribution is 2.43. The molecule has 4 heteroatoms. The fraction of sp³-hybridized carbons (Fsp3) is 0. The van der Waals surface area contributed by atoms with Gasteiger partial charge in [0.25, 0.3) is 0 Å². The second kappa shape index (κ2) is 12.1. The van der Waals surface area contributed by atoms with Crippen molar-refractivity contribution in [3.05, 3.63) is 200 Å². The number of nitrogens with zero attached hydrogens (tertiary/aromatic N) is 1. The Labute approximate surface area is 314 Å². The minimum absolute atomic E-state index is 0.905. The molecule has 2 aliphatic heterocycles. The minimum atomic E-state index is -2.77. The van der Waals surface area contributed by atoms with Crippen LogP contribution in [0, 0.1) is 0 Å². The molecule has 2 heterocycles. The molecule has 2 aliphatic rings. The van der Waals surface area contributed by atoms with E-state index in [4.69, 9.17) is 9.47 Å². The molecule has 3 nitrogen and oxygen atoms in total. The van der Waals surface area contributed by atoms with Crippen molar-refractivity contribution >= 4 is 67.4 Å². The van der Waals surface area contributed by atoms with Crippen LogP contribution in [0.15, 0.2) is 200 Å². The van der Waals surface area contributed by atoms with Gasteiger partial charge in [-0.05, 0) is 103 Å². The molecule has 54 heavy (non-hydrogen) atoms. The van der Waals surface area contributed by atoms with Crippen molar-refractivity contribution in [2.24, 2.45) is 0 Å². The van der Waals surface area contributed by atoms with Crippen LogP contribution in [0.2, 0.25) is 0 Å². The van der Waals surface area contributed by atoms with Gasteiger partial charge in [-0.2, -0.15) is 0 Å². The van der Waals surface area contributed by atoms with Crippen molar-refractivity contribution in [1.29, 1.82) is 0 Å². The lowest BCUT2D eigenvalue weighted by Crippen LogP contribution is -2.77. The molecule has 0 aromatic heterocycles. The molecular weight excluding hydrogens is 675 g/mol. The molecule has 0 aliphatic carbocycles. The van der Waals surface area contributed by atoms with Crippen LogP contribution in [0.5, 0.6) is 23.0 Å². The summed E-state index contributed by atoms with van der Waals surface area (Å²) in [6.07, 6.45) is 0. The van der Waals surface area contributed by atoms with E-state index < -0.39 is 8.07 Å². The Hall–Kier alpha value is -6.88. The van der Waals surface area contributed by atoms with E-state index in [-0.39, 0.29) is 0 Å². The Morgan fingerprint density at radius 3 is 1.48 bits per heavy atom. The number of benzene rings is 9. The zero-order chi connectivity index (χ0) is 35.6. The van der Waals surface area contributed by atoms with Crippen molar-refractivity contribution < 1.29 is 9.47 Å². The number of ether oxygens (including phenoxy) is 2. The molecule has 1 spiro atoms. The lowest BCUT2D eigenvalue weighted by molar-refractivity contribution is 0.482. The molecule has 0 saturated carbocycles. The number of anilines is 3. The van der Waals surface area contributed by atoms with Gasteiger partial charge in [-0.3, -0.25) is 0 Å². The first-order valence-electron chi connectivity index (χ1n) is 18.4. The van der Waals surface area contributed by atoms with Gasteiger partial charge < -0.3 is 14.4 Å². The predicted molar refractivity (Wildman–Crippen MR) is 225 cm³/mol. The highest BCUT2D eigenvalue weighted by atomic mass is 28.3. The summed E-state index contributed by atoms with van der Waals surface area (Å²) in [5, 5.41) is 9.93. The van der Waals surface area contributed by atoms with Gasteiger partial charge in [0.05, 0.1) is 5.69 Å². The van der Waals surface area contributed by atoms with E-state index in [2.05, 4.69) is 205 Å². The van der Waals surface area contributed by atoms with Gasteiger partial charge in [-0.25, -0.2) is 0 Å². The molecular formula is C50H33NO2Si. The molecule has 0 unspecified atom stereocenters. The third-order valence-corrected chi connectivity index (χ3v) is 16.0. The summed E-state index contributed by atoms with van der Waals surface area (Å²) in [4.78, 5) is 2.38. The molecule has 254 valence electrons. The second-order valence-electron chi connectivity index (χ2n) is 14.0. The Bertz CT molecular complexity index is 2840. The number of hydrogen-bond acceptors (Lipinski definition) is 3. The van der Waals surface area contributed by atoms with Crippen LogP contribution < -0.4 is 35.1 Å². The molecule has 9 aromatic rings. The van der Waals surface area contributed by atoms with Crippen LogP contribution in [-0.4, -0.2) is 8.07 Å². The van der Waals surface area contributed by atoms with Crippen molar-refractivity contribution in [3.8, 4) is 34.1 Å². The van der Waals surface area contributed by atoms with Gasteiger partial charge in [0.2, 0.25) is 0 Å². The van der Waals surface area contributed by atoms with Gasteiger partial charge in [0.1, 0.15) is 23.0 Å². The van der Waals surface area contributed by atoms with E-state index in [0.29, 0.717) is 0 Å². The maximum atomic E-state index is 6.84. The number of hydrogen-bond donors (Lipinski definition) is 0. The van der Waals surface area contributed by atoms with Crippen LogP contribution >= 0.6 is 0 Å². The first kappa shape index (κ1) is 30.7. The molecule has 9 aromatic carbocycles. The fourth-order valence-corrected chi connectivity index (χ4v) is 13.9. The molecule has 0 amide bonds.